The number of rotatable bonds is 1. The van der Waals surface area contributed by atoms with Gasteiger partial charge in [-0.1, -0.05) is 37.3 Å². The molecule has 3 aromatic rings. The minimum Gasteiger partial charge on any atom is -0.422 e. The van der Waals surface area contributed by atoms with E-state index in [4.69, 9.17) is 4.42 Å². The third-order valence-corrected chi connectivity index (χ3v) is 5.83. The SMILES string of the molecule is Cc1c2c(cc3c(-c4ccccc4)cc(=O)oc13)C(C)CS2. The van der Waals surface area contributed by atoms with Crippen LogP contribution in [0.5, 0.6) is 0 Å². The number of thioether (sulfide) groups is 1. The van der Waals surface area contributed by atoms with Gasteiger partial charge >= 0.3 is 5.63 Å². The Labute approximate surface area is 133 Å². The second kappa shape index (κ2) is 5.03. The van der Waals surface area contributed by atoms with Gasteiger partial charge in [0.25, 0.3) is 0 Å². The molecule has 0 fully saturated rings. The van der Waals surface area contributed by atoms with Crippen LogP contribution in [0.15, 0.2) is 56.6 Å². The van der Waals surface area contributed by atoms with E-state index in [1.807, 2.05) is 42.1 Å². The van der Waals surface area contributed by atoms with E-state index in [-0.39, 0.29) is 5.63 Å². The highest BCUT2D eigenvalue weighted by molar-refractivity contribution is 7.99. The molecule has 0 amide bonds. The van der Waals surface area contributed by atoms with E-state index in [1.165, 1.54) is 10.5 Å². The molecule has 0 aliphatic carbocycles. The third kappa shape index (κ3) is 2.00. The number of hydrogen-bond acceptors (Lipinski definition) is 3. The summed E-state index contributed by atoms with van der Waals surface area (Å²) in [5, 5.41) is 1.04. The lowest BCUT2D eigenvalue weighted by atomic mass is 9.94. The summed E-state index contributed by atoms with van der Waals surface area (Å²) in [6, 6.07) is 13.9. The Morgan fingerprint density at radius 3 is 2.73 bits per heavy atom. The molecule has 0 spiro atoms. The van der Waals surface area contributed by atoms with Gasteiger partial charge < -0.3 is 4.42 Å². The fourth-order valence-electron chi connectivity index (χ4n) is 3.18. The fourth-order valence-corrected chi connectivity index (χ4v) is 4.51. The number of hydrogen-bond donors (Lipinski definition) is 0. The highest BCUT2D eigenvalue weighted by Crippen LogP contribution is 2.45. The number of fused-ring (bicyclic) bond motifs is 2. The molecule has 1 aliphatic rings. The van der Waals surface area contributed by atoms with Crippen molar-refractivity contribution in [2.75, 3.05) is 5.75 Å². The van der Waals surface area contributed by atoms with Crippen LogP contribution in [0.25, 0.3) is 22.1 Å². The smallest absolute Gasteiger partial charge is 0.336 e. The van der Waals surface area contributed by atoms with Crippen molar-refractivity contribution in [3.05, 3.63) is 64.0 Å². The summed E-state index contributed by atoms with van der Waals surface area (Å²) in [7, 11) is 0. The maximum Gasteiger partial charge on any atom is 0.336 e. The lowest BCUT2D eigenvalue weighted by molar-refractivity contribution is 0.558. The Morgan fingerprint density at radius 1 is 1.18 bits per heavy atom. The second-order valence-corrected chi connectivity index (χ2v) is 6.88. The zero-order valence-electron chi connectivity index (χ0n) is 12.6. The van der Waals surface area contributed by atoms with Crippen LogP contribution < -0.4 is 5.63 Å². The van der Waals surface area contributed by atoms with Crippen molar-refractivity contribution in [3.8, 4) is 11.1 Å². The van der Waals surface area contributed by atoms with Crippen molar-refractivity contribution in [1.82, 2.24) is 0 Å². The normalized spacial score (nSPS) is 16.9. The first-order valence-corrected chi connectivity index (χ1v) is 8.43. The Kier molecular flexibility index (Phi) is 3.12. The van der Waals surface area contributed by atoms with Gasteiger partial charge in [0.2, 0.25) is 0 Å². The predicted molar refractivity (Wildman–Crippen MR) is 91.8 cm³/mol. The summed E-state index contributed by atoms with van der Waals surface area (Å²) >= 11 is 1.86. The molecule has 0 N–H and O–H groups in total. The summed E-state index contributed by atoms with van der Waals surface area (Å²) in [6.07, 6.45) is 0. The zero-order chi connectivity index (χ0) is 15.3. The molecular weight excluding hydrogens is 292 g/mol. The average molecular weight is 308 g/mol. The second-order valence-electron chi connectivity index (χ2n) is 5.85. The van der Waals surface area contributed by atoms with Gasteiger partial charge in [-0.25, -0.2) is 4.79 Å². The Morgan fingerprint density at radius 2 is 1.95 bits per heavy atom. The van der Waals surface area contributed by atoms with E-state index in [0.717, 1.165) is 33.4 Å². The molecular formula is C19H16O2S. The van der Waals surface area contributed by atoms with Gasteiger partial charge in [-0.05, 0) is 35.6 Å². The molecule has 2 nitrogen and oxygen atoms in total. The van der Waals surface area contributed by atoms with Gasteiger partial charge in [-0.2, -0.15) is 0 Å². The molecule has 1 aliphatic heterocycles. The first-order valence-electron chi connectivity index (χ1n) is 7.44. The number of benzene rings is 2. The quantitative estimate of drug-likeness (QED) is 0.594. The van der Waals surface area contributed by atoms with Gasteiger partial charge in [-0.3, -0.25) is 0 Å². The molecule has 4 rings (SSSR count). The van der Waals surface area contributed by atoms with E-state index in [9.17, 15) is 4.79 Å². The highest BCUT2D eigenvalue weighted by Gasteiger charge is 2.24. The van der Waals surface area contributed by atoms with Crippen molar-refractivity contribution in [2.45, 2.75) is 24.7 Å². The van der Waals surface area contributed by atoms with Gasteiger partial charge in [0.05, 0.1) is 0 Å². The van der Waals surface area contributed by atoms with Crippen molar-refractivity contribution >= 4 is 22.7 Å². The van der Waals surface area contributed by atoms with Crippen LogP contribution in [0, 0.1) is 6.92 Å². The highest BCUT2D eigenvalue weighted by atomic mass is 32.2. The van der Waals surface area contributed by atoms with Crippen LogP contribution in [0.3, 0.4) is 0 Å². The fraction of sp³-hybridized carbons (Fsp3) is 0.211. The molecule has 110 valence electrons. The minimum absolute atomic E-state index is 0.287. The summed E-state index contributed by atoms with van der Waals surface area (Å²) < 4.78 is 5.55. The molecule has 1 unspecified atom stereocenters. The van der Waals surface area contributed by atoms with Crippen LogP contribution in [0.2, 0.25) is 0 Å². The first kappa shape index (κ1) is 13.6. The predicted octanol–water partition coefficient (Wildman–Crippen LogP) is 4.98. The van der Waals surface area contributed by atoms with Gasteiger partial charge in [0, 0.05) is 27.7 Å². The number of aryl methyl sites for hydroxylation is 1. The molecule has 2 aromatic carbocycles. The Balaban J connectivity index is 2.12. The van der Waals surface area contributed by atoms with Crippen molar-refractivity contribution in [2.24, 2.45) is 0 Å². The molecule has 3 heteroatoms. The van der Waals surface area contributed by atoms with E-state index >= 15 is 0 Å². The first-order chi connectivity index (χ1) is 10.6. The molecule has 0 bridgehead atoms. The largest absolute Gasteiger partial charge is 0.422 e. The summed E-state index contributed by atoms with van der Waals surface area (Å²) in [5.74, 6) is 1.64. The van der Waals surface area contributed by atoms with E-state index in [1.54, 1.807) is 6.07 Å². The minimum atomic E-state index is -0.287. The zero-order valence-corrected chi connectivity index (χ0v) is 13.4. The van der Waals surface area contributed by atoms with Crippen LogP contribution in [-0.4, -0.2) is 5.75 Å². The van der Waals surface area contributed by atoms with Crippen molar-refractivity contribution < 1.29 is 4.42 Å². The molecule has 0 saturated carbocycles. The molecule has 0 radical (unpaired) electrons. The molecule has 2 heterocycles. The molecule has 1 aromatic heterocycles. The van der Waals surface area contributed by atoms with Crippen LogP contribution in [0.4, 0.5) is 0 Å². The molecule has 22 heavy (non-hydrogen) atoms. The van der Waals surface area contributed by atoms with Crippen LogP contribution in [0.1, 0.15) is 24.0 Å². The van der Waals surface area contributed by atoms with E-state index < -0.39 is 0 Å². The van der Waals surface area contributed by atoms with Gasteiger partial charge in [0.1, 0.15) is 5.58 Å². The van der Waals surface area contributed by atoms with Gasteiger partial charge in [0.15, 0.2) is 0 Å². The summed E-state index contributed by atoms with van der Waals surface area (Å²) in [4.78, 5) is 13.3. The Bertz CT molecular complexity index is 926. The van der Waals surface area contributed by atoms with Crippen LogP contribution in [-0.2, 0) is 0 Å². The monoisotopic (exact) mass is 308 g/mol. The van der Waals surface area contributed by atoms with Crippen molar-refractivity contribution in [3.63, 3.8) is 0 Å². The molecule has 0 saturated heterocycles. The van der Waals surface area contributed by atoms with Crippen LogP contribution >= 0.6 is 11.8 Å². The Hall–Kier alpha value is -2.00. The van der Waals surface area contributed by atoms with E-state index in [0.29, 0.717) is 5.92 Å². The lowest BCUT2D eigenvalue weighted by Crippen LogP contribution is -2.01. The topological polar surface area (TPSA) is 30.2 Å². The van der Waals surface area contributed by atoms with Gasteiger partial charge in [-0.15, -0.1) is 11.8 Å². The average Bonchev–Trinajstić information content (AvgIpc) is 2.90. The molecule has 1 atom stereocenters. The lowest BCUT2D eigenvalue weighted by Gasteiger charge is -2.12. The summed E-state index contributed by atoms with van der Waals surface area (Å²) in [6.45, 7) is 4.31. The van der Waals surface area contributed by atoms with E-state index in [2.05, 4.69) is 19.9 Å². The maximum atomic E-state index is 12.0. The summed E-state index contributed by atoms with van der Waals surface area (Å²) in [5.41, 5.74) is 4.93. The standard InChI is InChI=1S/C19H16O2S/c1-11-10-22-19-12(2)18-16(8-14(11)19)15(9-17(20)21-18)13-6-4-3-5-7-13/h3-9,11H,10H2,1-2H3. The maximum absolute atomic E-state index is 12.0. The third-order valence-electron chi connectivity index (χ3n) is 4.34. The van der Waals surface area contributed by atoms with Crippen molar-refractivity contribution in [1.29, 1.82) is 0 Å².